The molecule has 1 rings (SSSR count). The molecule has 2 atom stereocenters. The highest BCUT2D eigenvalue weighted by Gasteiger charge is 2.41. The lowest BCUT2D eigenvalue weighted by atomic mass is 9.66. The monoisotopic (exact) mass is 195 g/mol. The van der Waals surface area contributed by atoms with Crippen molar-refractivity contribution in [1.29, 1.82) is 5.26 Å². The summed E-state index contributed by atoms with van der Waals surface area (Å²) in [7, 11) is 2.06. The maximum Gasteiger partial charge on any atom is 0.114 e. The van der Waals surface area contributed by atoms with E-state index in [9.17, 15) is 0 Å². The Labute approximate surface area is 86.9 Å². The summed E-state index contributed by atoms with van der Waals surface area (Å²) in [5.41, 5.74) is 5.49. The molecule has 0 aromatic rings. The molecule has 0 aromatic heterocycles. The Morgan fingerprint density at radius 3 is 2.50 bits per heavy atom. The van der Waals surface area contributed by atoms with Gasteiger partial charge in [-0.25, -0.2) is 0 Å². The molecule has 1 fully saturated rings. The molecular weight excluding hydrogens is 174 g/mol. The summed E-state index contributed by atoms with van der Waals surface area (Å²) in [6.45, 7) is 6.99. The highest BCUT2D eigenvalue weighted by Crippen LogP contribution is 2.43. The van der Waals surface area contributed by atoms with Crippen molar-refractivity contribution in [2.24, 2.45) is 11.1 Å². The Hall–Kier alpha value is -0.590. The minimum atomic E-state index is -0.722. The summed E-state index contributed by atoms with van der Waals surface area (Å²) in [5, 5.41) is 8.84. The van der Waals surface area contributed by atoms with Crippen molar-refractivity contribution in [2.45, 2.75) is 45.2 Å². The molecule has 80 valence electrons. The Morgan fingerprint density at radius 2 is 2.21 bits per heavy atom. The van der Waals surface area contributed by atoms with Crippen LogP contribution >= 0.6 is 0 Å². The van der Waals surface area contributed by atoms with Crippen LogP contribution in [0.5, 0.6) is 0 Å². The molecule has 0 spiro atoms. The quantitative estimate of drug-likeness (QED) is 0.739. The van der Waals surface area contributed by atoms with E-state index in [1.54, 1.807) is 6.92 Å². The first kappa shape index (κ1) is 11.5. The zero-order valence-corrected chi connectivity index (χ0v) is 9.67. The van der Waals surface area contributed by atoms with Gasteiger partial charge in [0.2, 0.25) is 0 Å². The van der Waals surface area contributed by atoms with E-state index in [1.165, 1.54) is 12.8 Å². The molecule has 3 heteroatoms. The van der Waals surface area contributed by atoms with E-state index in [-0.39, 0.29) is 0 Å². The normalized spacial score (nSPS) is 29.1. The second-order valence-corrected chi connectivity index (χ2v) is 5.49. The fourth-order valence-corrected chi connectivity index (χ4v) is 2.33. The molecule has 0 aromatic carbocycles. The van der Waals surface area contributed by atoms with E-state index < -0.39 is 5.54 Å². The fourth-order valence-electron chi connectivity index (χ4n) is 2.33. The first-order chi connectivity index (χ1) is 6.28. The molecule has 1 saturated carbocycles. The van der Waals surface area contributed by atoms with Crippen molar-refractivity contribution >= 4 is 0 Å². The average molecular weight is 195 g/mol. The minimum Gasteiger partial charge on any atom is -0.313 e. The number of rotatable bonds is 3. The zero-order chi connectivity index (χ0) is 11.0. The summed E-state index contributed by atoms with van der Waals surface area (Å²) in [4.78, 5) is 2.23. The van der Waals surface area contributed by atoms with Gasteiger partial charge < -0.3 is 5.73 Å². The molecule has 0 radical (unpaired) electrons. The van der Waals surface area contributed by atoms with Crippen LogP contribution in [0.4, 0.5) is 0 Å². The van der Waals surface area contributed by atoms with Gasteiger partial charge in [-0.2, -0.15) is 5.26 Å². The van der Waals surface area contributed by atoms with Gasteiger partial charge in [-0.3, -0.25) is 4.90 Å². The highest BCUT2D eigenvalue weighted by molar-refractivity contribution is 5.05. The van der Waals surface area contributed by atoms with Gasteiger partial charge in [0.1, 0.15) is 5.54 Å². The smallest absolute Gasteiger partial charge is 0.114 e. The van der Waals surface area contributed by atoms with Gasteiger partial charge in [0.25, 0.3) is 0 Å². The molecule has 3 nitrogen and oxygen atoms in total. The lowest BCUT2D eigenvalue weighted by molar-refractivity contribution is 0.00999. The Morgan fingerprint density at radius 1 is 1.64 bits per heavy atom. The van der Waals surface area contributed by atoms with Crippen molar-refractivity contribution in [3.05, 3.63) is 0 Å². The lowest BCUT2D eigenvalue weighted by Gasteiger charge is -2.50. The number of hydrogen-bond acceptors (Lipinski definition) is 3. The van der Waals surface area contributed by atoms with E-state index in [0.717, 1.165) is 0 Å². The summed E-state index contributed by atoms with van der Waals surface area (Å²) in [6, 6.07) is 2.72. The first-order valence-electron chi connectivity index (χ1n) is 5.19. The van der Waals surface area contributed by atoms with Crippen LogP contribution in [0, 0.1) is 16.7 Å². The average Bonchev–Trinajstić information content (AvgIpc) is 2.01. The maximum absolute atomic E-state index is 8.84. The Balaban J connectivity index is 2.52. The predicted octanol–water partition coefficient (Wildman–Crippen LogP) is 1.35. The summed E-state index contributed by atoms with van der Waals surface area (Å²) < 4.78 is 0. The summed E-state index contributed by atoms with van der Waals surface area (Å²) in [6.07, 6.45) is 2.50. The van der Waals surface area contributed by atoms with Crippen LogP contribution in [0.25, 0.3) is 0 Å². The summed E-state index contributed by atoms with van der Waals surface area (Å²) in [5.74, 6) is 0. The number of nitriles is 1. The fraction of sp³-hybridized carbons (Fsp3) is 0.909. The Kier molecular flexibility index (Phi) is 2.89. The summed E-state index contributed by atoms with van der Waals surface area (Å²) >= 11 is 0. The van der Waals surface area contributed by atoms with Crippen LogP contribution in [0.1, 0.15) is 33.6 Å². The van der Waals surface area contributed by atoms with Crippen molar-refractivity contribution in [3.8, 4) is 6.07 Å². The van der Waals surface area contributed by atoms with Gasteiger partial charge in [0, 0.05) is 12.6 Å². The van der Waals surface area contributed by atoms with Crippen LogP contribution in [0.15, 0.2) is 0 Å². The molecule has 1 aliphatic carbocycles. The first-order valence-corrected chi connectivity index (χ1v) is 5.19. The van der Waals surface area contributed by atoms with Crippen LogP contribution in [-0.2, 0) is 0 Å². The van der Waals surface area contributed by atoms with Crippen LogP contribution in [0.3, 0.4) is 0 Å². The van der Waals surface area contributed by atoms with Crippen molar-refractivity contribution in [2.75, 3.05) is 13.6 Å². The van der Waals surface area contributed by atoms with Crippen LogP contribution < -0.4 is 5.73 Å². The van der Waals surface area contributed by atoms with E-state index in [0.29, 0.717) is 18.0 Å². The van der Waals surface area contributed by atoms with Gasteiger partial charge in [-0.05, 0) is 32.2 Å². The Bertz CT molecular complexity index is 250. The third kappa shape index (κ3) is 2.26. The third-order valence-corrected chi connectivity index (χ3v) is 3.33. The van der Waals surface area contributed by atoms with Crippen molar-refractivity contribution in [3.63, 3.8) is 0 Å². The SMILES string of the molecule is CN(CC(C)(N)C#N)C1CCC1(C)C. The zero-order valence-electron chi connectivity index (χ0n) is 9.67. The number of likely N-dealkylation sites (N-methyl/N-ethyl adjacent to an activating group) is 1. The standard InChI is InChI=1S/C11H21N3/c1-10(2)6-5-9(10)14(4)8-11(3,13)7-12/h9H,5-6,8,13H2,1-4H3. The van der Waals surface area contributed by atoms with Gasteiger partial charge in [0.05, 0.1) is 6.07 Å². The lowest BCUT2D eigenvalue weighted by Crippen LogP contribution is -2.56. The van der Waals surface area contributed by atoms with Crippen molar-refractivity contribution in [1.82, 2.24) is 4.90 Å². The number of nitrogens with zero attached hydrogens (tertiary/aromatic N) is 2. The highest BCUT2D eigenvalue weighted by atomic mass is 15.2. The molecule has 0 aliphatic heterocycles. The molecule has 0 heterocycles. The van der Waals surface area contributed by atoms with Crippen LogP contribution in [-0.4, -0.2) is 30.1 Å². The van der Waals surface area contributed by atoms with E-state index in [1.807, 2.05) is 0 Å². The predicted molar refractivity (Wildman–Crippen MR) is 57.6 cm³/mol. The van der Waals surface area contributed by atoms with E-state index >= 15 is 0 Å². The molecule has 0 saturated heterocycles. The molecule has 1 aliphatic rings. The number of nitrogens with two attached hydrogens (primary N) is 1. The molecule has 0 bridgehead atoms. The van der Waals surface area contributed by atoms with E-state index in [4.69, 9.17) is 11.0 Å². The van der Waals surface area contributed by atoms with Crippen molar-refractivity contribution < 1.29 is 0 Å². The largest absolute Gasteiger partial charge is 0.313 e. The van der Waals surface area contributed by atoms with Gasteiger partial charge in [-0.1, -0.05) is 13.8 Å². The van der Waals surface area contributed by atoms with Gasteiger partial charge >= 0.3 is 0 Å². The van der Waals surface area contributed by atoms with Gasteiger partial charge in [0.15, 0.2) is 0 Å². The second kappa shape index (κ2) is 3.52. The minimum absolute atomic E-state index is 0.389. The third-order valence-electron chi connectivity index (χ3n) is 3.33. The molecule has 14 heavy (non-hydrogen) atoms. The van der Waals surface area contributed by atoms with E-state index in [2.05, 4.69) is 31.9 Å². The molecule has 2 N–H and O–H groups in total. The molecular formula is C11H21N3. The van der Waals surface area contributed by atoms with Gasteiger partial charge in [-0.15, -0.1) is 0 Å². The topological polar surface area (TPSA) is 53.0 Å². The molecule has 0 amide bonds. The maximum atomic E-state index is 8.84. The second-order valence-electron chi connectivity index (χ2n) is 5.49. The molecule has 2 unspecified atom stereocenters. The number of hydrogen-bond donors (Lipinski definition) is 1. The van der Waals surface area contributed by atoms with Crippen LogP contribution in [0.2, 0.25) is 0 Å².